The largest absolute Gasteiger partial charge is 0.455 e. The van der Waals surface area contributed by atoms with Gasteiger partial charge in [0.25, 0.3) is 0 Å². The zero-order chi connectivity index (χ0) is 15.2. The molecule has 6 nitrogen and oxygen atoms in total. The van der Waals surface area contributed by atoms with Crippen molar-refractivity contribution in [3.8, 4) is 5.75 Å². The maximum absolute atomic E-state index is 11.9. The van der Waals surface area contributed by atoms with Crippen molar-refractivity contribution in [1.82, 2.24) is 4.73 Å². The van der Waals surface area contributed by atoms with Gasteiger partial charge in [-0.1, -0.05) is 30.3 Å². The summed E-state index contributed by atoms with van der Waals surface area (Å²) in [4.78, 5) is 27.8. The van der Waals surface area contributed by atoms with Gasteiger partial charge in [-0.2, -0.15) is 4.73 Å². The first kappa shape index (κ1) is 14.8. The van der Waals surface area contributed by atoms with E-state index >= 15 is 0 Å². The molecule has 0 saturated heterocycles. The zero-order valence-electron chi connectivity index (χ0n) is 11.7. The molecule has 110 valence electrons. The van der Waals surface area contributed by atoms with Crippen molar-refractivity contribution >= 4 is 6.29 Å². The normalized spacial score (nSPS) is 11.7. The molecule has 0 bridgehead atoms. The summed E-state index contributed by atoms with van der Waals surface area (Å²) in [6, 6.07) is 10.3. The molecule has 2 aromatic rings. The molecule has 1 heterocycles. The van der Waals surface area contributed by atoms with E-state index in [-0.39, 0.29) is 11.4 Å². The lowest BCUT2D eigenvalue weighted by Gasteiger charge is -2.18. The van der Waals surface area contributed by atoms with Crippen LogP contribution in [0.4, 0.5) is 0 Å². The number of nitrogens with zero attached hydrogens (tertiary/aromatic N) is 1. The average Bonchev–Trinajstić information content (AvgIpc) is 2.54. The van der Waals surface area contributed by atoms with Gasteiger partial charge < -0.3 is 14.3 Å². The summed E-state index contributed by atoms with van der Waals surface area (Å²) < 4.78 is 12.0. The topological polar surface area (TPSA) is 66.8 Å². The molecular formula is C15H15NO5. The molecule has 0 radical (unpaired) electrons. The minimum absolute atomic E-state index is 0.0261. The summed E-state index contributed by atoms with van der Waals surface area (Å²) in [5.74, 6) is 0.0261. The van der Waals surface area contributed by atoms with E-state index in [1.54, 1.807) is 0 Å². The predicted octanol–water partition coefficient (Wildman–Crippen LogP) is 1.44. The van der Waals surface area contributed by atoms with Crippen molar-refractivity contribution in [2.75, 3.05) is 14.2 Å². The van der Waals surface area contributed by atoms with Gasteiger partial charge in [0.05, 0.1) is 6.20 Å². The molecule has 0 aliphatic rings. The molecule has 0 saturated carbocycles. The van der Waals surface area contributed by atoms with Crippen molar-refractivity contribution in [3.05, 3.63) is 64.1 Å². The van der Waals surface area contributed by atoms with Crippen LogP contribution in [0.2, 0.25) is 0 Å². The van der Waals surface area contributed by atoms with E-state index in [1.165, 1.54) is 20.4 Å². The van der Waals surface area contributed by atoms with Crippen LogP contribution in [0.15, 0.2) is 47.4 Å². The SMILES string of the molecule is COC(Oc1cn(OC)c(C=O)cc1=O)c1ccccc1. The van der Waals surface area contributed by atoms with Gasteiger partial charge in [0.2, 0.25) is 11.7 Å². The predicted molar refractivity (Wildman–Crippen MR) is 75.4 cm³/mol. The minimum atomic E-state index is -0.730. The smallest absolute Gasteiger partial charge is 0.226 e. The third kappa shape index (κ3) is 3.29. The highest BCUT2D eigenvalue weighted by Gasteiger charge is 2.15. The van der Waals surface area contributed by atoms with E-state index < -0.39 is 11.7 Å². The molecule has 1 aromatic heterocycles. The fraction of sp³-hybridized carbons (Fsp3) is 0.200. The van der Waals surface area contributed by atoms with Crippen LogP contribution in [0.25, 0.3) is 0 Å². The highest BCUT2D eigenvalue weighted by Crippen LogP contribution is 2.20. The molecule has 0 aliphatic carbocycles. The first-order chi connectivity index (χ1) is 10.2. The van der Waals surface area contributed by atoms with Crippen molar-refractivity contribution in [1.29, 1.82) is 0 Å². The summed E-state index contributed by atoms with van der Waals surface area (Å²) in [6.07, 6.45) is 1.10. The number of carbonyl (C=O) groups excluding carboxylic acids is 1. The average molecular weight is 289 g/mol. The van der Waals surface area contributed by atoms with Crippen LogP contribution in [-0.4, -0.2) is 25.2 Å². The Balaban J connectivity index is 2.34. The number of aldehydes is 1. The maximum atomic E-state index is 11.9. The third-order valence-corrected chi connectivity index (χ3v) is 2.85. The highest BCUT2D eigenvalue weighted by molar-refractivity contribution is 5.72. The van der Waals surface area contributed by atoms with E-state index in [4.69, 9.17) is 14.3 Å². The molecule has 0 amide bonds. The van der Waals surface area contributed by atoms with Crippen LogP contribution >= 0.6 is 0 Å². The number of rotatable bonds is 6. The Labute approximate surface area is 121 Å². The molecule has 0 fully saturated rings. The fourth-order valence-corrected chi connectivity index (χ4v) is 1.82. The van der Waals surface area contributed by atoms with E-state index in [2.05, 4.69) is 0 Å². The van der Waals surface area contributed by atoms with Crippen LogP contribution in [0.5, 0.6) is 5.75 Å². The second-order valence-corrected chi connectivity index (χ2v) is 4.15. The molecule has 0 aliphatic heterocycles. The van der Waals surface area contributed by atoms with Crippen molar-refractivity contribution in [2.45, 2.75) is 6.29 Å². The first-order valence-corrected chi connectivity index (χ1v) is 6.20. The van der Waals surface area contributed by atoms with Gasteiger partial charge in [0, 0.05) is 18.7 Å². The number of pyridine rings is 1. The Morgan fingerprint density at radius 3 is 2.48 bits per heavy atom. The summed E-state index contributed by atoms with van der Waals surface area (Å²) in [5, 5.41) is 0. The van der Waals surface area contributed by atoms with E-state index in [1.807, 2.05) is 30.3 Å². The van der Waals surface area contributed by atoms with Crippen LogP contribution < -0.4 is 15.0 Å². The second kappa shape index (κ2) is 6.71. The van der Waals surface area contributed by atoms with Gasteiger partial charge in [0.1, 0.15) is 12.8 Å². The van der Waals surface area contributed by atoms with Crippen LogP contribution in [-0.2, 0) is 4.74 Å². The zero-order valence-corrected chi connectivity index (χ0v) is 11.7. The lowest BCUT2D eigenvalue weighted by Crippen LogP contribution is -2.20. The van der Waals surface area contributed by atoms with E-state index in [0.29, 0.717) is 6.29 Å². The second-order valence-electron chi connectivity index (χ2n) is 4.15. The lowest BCUT2D eigenvalue weighted by molar-refractivity contribution is -0.0578. The lowest BCUT2D eigenvalue weighted by atomic mass is 10.2. The van der Waals surface area contributed by atoms with E-state index in [9.17, 15) is 9.59 Å². The summed E-state index contributed by atoms with van der Waals surface area (Å²) >= 11 is 0. The van der Waals surface area contributed by atoms with Gasteiger partial charge in [0.15, 0.2) is 12.0 Å². The Hall–Kier alpha value is -2.60. The number of ether oxygens (including phenoxy) is 2. The van der Waals surface area contributed by atoms with Gasteiger partial charge in [-0.05, 0) is 0 Å². The number of aromatic nitrogens is 1. The van der Waals surface area contributed by atoms with Crippen LogP contribution in [0.3, 0.4) is 0 Å². The standard InChI is InChI=1S/C15H15NO5/c1-19-15(11-6-4-3-5-7-11)21-14-9-16(20-2)12(10-17)8-13(14)18/h3-10,15H,1-2H3. The molecule has 1 unspecified atom stereocenters. The molecule has 2 rings (SSSR count). The quantitative estimate of drug-likeness (QED) is 0.594. The number of benzene rings is 1. The Kier molecular flexibility index (Phi) is 4.73. The highest BCUT2D eigenvalue weighted by atomic mass is 16.7. The van der Waals surface area contributed by atoms with Crippen molar-refractivity contribution in [2.24, 2.45) is 0 Å². The molecule has 1 atom stereocenters. The van der Waals surface area contributed by atoms with Gasteiger partial charge in [-0.15, -0.1) is 0 Å². The number of methoxy groups -OCH3 is 1. The Bertz CT molecular complexity index is 666. The molecule has 1 aromatic carbocycles. The number of carbonyl (C=O) groups is 1. The minimum Gasteiger partial charge on any atom is -0.455 e. The van der Waals surface area contributed by atoms with Gasteiger partial charge >= 0.3 is 0 Å². The third-order valence-electron chi connectivity index (χ3n) is 2.85. The molecule has 0 spiro atoms. The van der Waals surface area contributed by atoms with Crippen molar-refractivity contribution < 1.29 is 19.1 Å². The molecule has 6 heteroatoms. The fourth-order valence-electron chi connectivity index (χ4n) is 1.82. The van der Waals surface area contributed by atoms with E-state index in [0.717, 1.165) is 16.4 Å². The van der Waals surface area contributed by atoms with Gasteiger partial charge in [-0.3, -0.25) is 9.59 Å². The summed E-state index contributed by atoms with van der Waals surface area (Å²) in [6.45, 7) is 0. The Morgan fingerprint density at radius 1 is 1.19 bits per heavy atom. The summed E-state index contributed by atoms with van der Waals surface area (Å²) in [7, 11) is 2.86. The van der Waals surface area contributed by atoms with Crippen LogP contribution in [0.1, 0.15) is 22.3 Å². The Morgan fingerprint density at radius 2 is 1.90 bits per heavy atom. The maximum Gasteiger partial charge on any atom is 0.226 e. The monoisotopic (exact) mass is 289 g/mol. The summed E-state index contributed by atoms with van der Waals surface area (Å²) in [5.41, 5.74) is 0.440. The molecule has 21 heavy (non-hydrogen) atoms. The van der Waals surface area contributed by atoms with Gasteiger partial charge in [-0.25, -0.2) is 0 Å². The number of hydrogen-bond donors (Lipinski definition) is 0. The molecule has 0 N–H and O–H groups in total. The molecular weight excluding hydrogens is 274 g/mol. The van der Waals surface area contributed by atoms with Crippen molar-refractivity contribution in [3.63, 3.8) is 0 Å². The van der Waals surface area contributed by atoms with Crippen LogP contribution in [0, 0.1) is 0 Å². The first-order valence-electron chi connectivity index (χ1n) is 6.20. The number of hydrogen-bond acceptors (Lipinski definition) is 5.